The molecule has 4 aromatic rings. The molecule has 2 aromatic heterocycles. The third-order valence-corrected chi connectivity index (χ3v) is 5.79. The van der Waals surface area contributed by atoms with Crippen LogP contribution in [0, 0.1) is 18.6 Å². The van der Waals surface area contributed by atoms with Crippen LogP contribution in [0.4, 0.5) is 8.78 Å². The summed E-state index contributed by atoms with van der Waals surface area (Å²) in [6.45, 7) is 3.97. The third kappa shape index (κ3) is 3.82. The van der Waals surface area contributed by atoms with Crippen molar-refractivity contribution < 1.29 is 18.3 Å². The Morgan fingerprint density at radius 2 is 1.82 bits per heavy atom. The summed E-state index contributed by atoms with van der Waals surface area (Å²) in [5, 5.41) is 3.84. The first-order valence-corrected chi connectivity index (χ1v) is 10.7. The number of carbonyl (C=O) groups excluding carboxylic acids is 1. The van der Waals surface area contributed by atoms with Gasteiger partial charge in [0.05, 0.1) is 5.69 Å². The van der Waals surface area contributed by atoms with Crippen molar-refractivity contribution in [2.24, 2.45) is 0 Å². The molecule has 1 fully saturated rings. The van der Waals surface area contributed by atoms with Gasteiger partial charge < -0.3 is 15.0 Å². The number of amides is 1. The number of rotatable bonds is 4. The van der Waals surface area contributed by atoms with Gasteiger partial charge in [0, 0.05) is 55.5 Å². The number of benzene rings is 2. The maximum absolute atomic E-state index is 14.3. The highest BCUT2D eigenvalue weighted by Gasteiger charge is 2.30. The molecule has 1 amide bonds. The number of nitrogens with zero attached hydrogens (tertiary/aromatic N) is 3. The monoisotopic (exact) mass is 448 g/mol. The van der Waals surface area contributed by atoms with Gasteiger partial charge >= 0.3 is 0 Å². The van der Waals surface area contributed by atoms with E-state index in [0.29, 0.717) is 48.5 Å². The maximum Gasteiger partial charge on any atom is 0.260 e. The Morgan fingerprint density at radius 1 is 1.06 bits per heavy atom. The molecule has 5 rings (SSSR count). The van der Waals surface area contributed by atoms with Gasteiger partial charge in [-0.2, -0.15) is 0 Å². The molecule has 1 aliphatic heterocycles. The van der Waals surface area contributed by atoms with Crippen LogP contribution in [0.2, 0.25) is 0 Å². The van der Waals surface area contributed by atoms with Gasteiger partial charge in [0.2, 0.25) is 5.88 Å². The topological polar surface area (TPSA) is 59.4 Å². The lowest BCUT2D eigenvalue weighted by Gasteiger charge is -2.27. The number of aromatic nitrogens is 2. The molecule has 2 aromatic carbocycles. The van der Waals surface area contributed by atoms with Crippen LogP contribution in [0.25, 0.3) is 16.7 Å². The van der Waals surface area contributed by atoms with Crippen LogP contribution in [0.3, 0.4) is 0 Å². The summed E-state index contributed by atoms with van der Waals surface area (Å²) in [4.78, 5) is 20.0. The SMILES string of the molecule is Cc1c(F)cc(F)cc1Oc1c(C(=O)N2CCNCC2)c2cccnc2n1-c1ccccc1. The van der Waals surface area contributed by atoms with Crippen molar-refractivity contribution in [3.63, 3.8) is 0 Å². The number of ether oxygens (including phenoxy) is 1. The Bertz CT molecular complexity index is 1330. The molecular formula is C25H22F2N4O2. The molecule has 1 N–H and O–H groups in total. The lowest BCUT2D eigenvalue weighted by molar-refractivity contribution is 0.0735. The lowest BCUT2D eigenvalue weighted by atomic mass is 10.1. The molecule has 1 aliphatic rings. The molecule has 0 saturated carbocycles. The molecule has 0 bridgehead atoms. The van der Waals surface area contributed by atoms with Crippen molar-refractivity contribution in [1.82, 2.24) is 19.8 Å². The number of pyridine rings is 1. The largest absolute Gasteiger partial charge is 0.439 e. The smallest absolute Gasteiger partial charge is 0.260 e. The van der Waals surface area contributed by atoms with E-state index in [4.69, 9.17) is 4.74 Å². The number of fused-ring (bicyclic) bond motifs is 1. The van der Waals surface area contributed by atoms with Gasteiger partial charge in [-0.3, -0.25) is 9.36 Å². The predicted octanol–water partition coefficient (Wildman–Crippen LogP) is 4.45. The molecule has 0 atom stereocenters. The standard InChI is InChI=1S/C25H22F2N4O2/c1-16-20(27)14-17(26)15-21(16)33-25-22(24(32)30-12-10-28-11-13-30)19-8-5-9-29-23(19)31(25)18-6-3-2-4-7-18/h2-9,14-15,28H,10-13H2,1H3. The minimum absolute atomic E-state index is 0.00171. The summed E-state index contributed by atoms with van der Waals surface area (Å²) in [5.41, 5.74) is 1.69. The Hall–Kier alpha value is -3.78. The molecular weight excluding hydrogens is 426 g/mol. The van der Waals surface area contributed by atoms with Crippen molar-refractivity contribution >= 4 is 16.9 Å². The number of halogens is 2. The Morgan fingerprint density at radius 3 is 2.58 bits per heavy atom. The zero-order valence-electron chi connectivity index (χ0n) is 18.0. The van der Waals surface area contributed by atoms with E-state index in [-0.39, 0.29) is 23.1 Å². The Kier molecular flexibility index (Phi) is 5.51. The number of piperazine rings is 1. The first-order chi connectivity index (χ1) is 16.0. The zero-order valence-corrected chi connectivity index (χ0v) is 18.0. The van der Waals surface area contributed by atoms with Gasteiger partial charge in [-0.1, -0.05) is 18.2 Å². The van der Waals surface area contributed by atoms with E-state index in [1.807, 2.05) is 36.4 Å². The van der Waals surface area contributed by atoms with Gasteiger partial charge in [-0.05, 0) is 31.2 Å². The molecule has 168 valence electrons. The van der Waals surface area contributed by atoms with Crippen LogP contribution in [-0.2, 0) is 0 Å². The van der Waals surface area contributed by atoms with Crippen LogP contribution >= 0.6 is 0 Å². The summed E-state index contributed by atoms with van der Waals surface area (Å²) in [6, 6.07) is 14.8. The predicted molar refractivity (Wildman–Crippen MR) is 121 cm³/mol. The summed E-state index contributed by atoms with van der Waals surface area (Å²) in [6.07, 6.45) is 1.64. The van der Waals surface area contributed by atoms with Crippen LogP contribution in [0.1, 0.15) is 15.9 Å². The highest BCUT2D eigenvalue weighted by Crippen LogP contribution is 2.39. The van der Waals surface area contributed by atoms with Crippen LogP contribution in [0.15, 0.2) is 60.8 Å². The van der Waals surface area contributed by atoms with E-state index in [2.05, 4.69) is 10.3 Å². The van der Waals surface area contributed by atoms with E-state index >= 15 is 0 Å². The fourth-order valence-corrected chi connectivity index (χ4v) is 4.07. The second kappa shape index (κ2) is 8.63. The normalized spacial score (nSPS) is 14.0. The number of hydrogen-bond acceptors (Lipinski definition) is 4. The number of para-hydroxylation sites is 1. The van der Waals surface area contributed by atoms with E-state index in [9.17, 15) is 13.6 Å². The fraction of sp³-hybridized carbons (Fsp3) is 0.200. The average molecular weight is 448 g/mol. The summed E-state index contributed by atoms with van der Waals surface area (Å²) in [7, 11) is 0. The molecule has 6 nitrogen and oxygen atoms in total. The van der Waals surface area contributed by atoms with E-state index in [1.165, 1.54) is 6.92 Å². The van der Waals surface area contributed by atoms with Crippen LogP contribution in [-0.4, -0.2) is 46.5 Å². The minimum atomic E-state index is -0.761. The molecule has 3 heterocycles. The van der Waals surface area contributed by atoms with Gasteiger partial charge in [0.25, 0.3) is 5.91 Å². The molecule has 0 unspecified atom stereocenters. The van der Waals surface area contributed by atoms with Crippen molar-refractivity contribution in [3.05, 3.63) is 83.6 Å². The van der Waals surface area contributed by atoms with Crippen molar-refractivity contribution in [2.45, 2.75) is 6.92 Å². The zero-order chi connectivity index (χ0) is 22.9. The summed E-state index contributed by atoms with van der Waals surface area (Å²) >= 11 is 0. The molecule has 1 saturated heterocycles. The Labute approximate surface area is 189 Å². The quantitative estimate of drug-likeness (QED) is 0.501. The molecule has 0 spiro atoms. The number of hydrogen-bond donors (Lipinski definition) is 1. The number of nitrogens with one attached hydrogen (secondary N) is 1. The van der Waals surface area contributed by atoms with Crippen molar-refractivity contribution in [1.29, 1.82) is 0 Å². The first kappa shape index (κ1) is 21.1. The highest BCUT2D eigenvalue weighted by molar-refractivity contribution is 6.09. The van der Waals surface area contributed by atoms with Gasteiger partial charge in [-0.25, -0.2) is 13.8 Å². The van der Waals surface area contributed by atoms with Crippen molar-refractivity contribution in [3.8, 4) is 17.3 Å². The van der Waals surface area contributed by atoms with Gasteiger partial charge in [-0.15, -0.1) is 0 Å². The second-order valence-electron chi connectivity index (χ2n) is 7.88. The average Bonchev–Trinajstić information content (AvgIpc) is 3.16. The van der Waals surface area contributed by atoms with Crippen LogP contribution in [0.5, 0.6) is 11.6 Å². The van der Waals surface area contributed by atoms with E-state index in [1.54, 1.807) is 21.7 Å². The van der Waals surface area contributed by atoms with E-state index < -0.39 is 11.6 Å². The lowest BCUT2D eigenvalue weighted by Crippen LogP contribution is -2.46. The van der Waals surface area contributed by atoms with Gasteiger partial charge in [0.1, 0.15) is 28.6 Å². The Balaban J connectivity index is 1.77. The maximum atomic E-state index is 14.3. The van der Waals surface area contributed by atoms with Crippen LogP contribution < -0.4 is 10.1 Å². The molecule has 0 aliphatic carbocycles. The first-order valence-electron chi connectivity index (χ1n) is 10.7. The van der Waals surface area contributed by atoms with E-state index in [0.717, 1.165) is 12.1 Å². The van der Waals surface area contributed by atoms with Gasteiger partial charge in [0.15, 0.2) is 0 Å². The fourth-order valence-electron chi connectivity index (χ4n) is 4.07. The summed E-state index contributed by atoms with van der Waals surface area (Å²) in [5.74, 6) is -1.52. The third-order valence-electron chi connectivity index (χ3n) is 5.79. The summed E-state index contributed by atoms with van der Waals surface area (Å²) < 4.78 is 36.2. The molecule has 33 heavy (non-hydrogen) atoms. The molecule has 0 radical (unpaired) electrons. The number of carbonyl (C=O) groups is 1. The minimum Gasteiger partial charge on any atom is -0.439 e. The highest BCUT2D eigenvalue weighted by atomic mass is 19.1. The van der Waals surface area contributed by atoms with Crippen molar-refractivity contribution in [2.75, 3.05) is 26.2 Å². The molecule has 8 heteroatoms. The second-order valence-corrected chi connectivity index (χ2v) is 7.88.